The van der Waals surface area contributed by atoms with Gasteiger partial charge in [-0.15, -0.1) is 0 Å². The number of carboxylic acid groups (broad SMARTS) is 1. The number of hydrogen-bond donors (Lipinski definition) is 2. The van der Waals surface area contributed by atoms with Crippen LogP contribution in [0.1, 0.15) is 53.4 Å². The van der Waals surface area contributed by atoms with E-state index in [1.54, 1.807) is 0 Å². The number of hydrogen-bond acceptors (Lipinski definition) is 3. The maximum atomic E-state index is 11.7. The number of carboxylic acids is 1. The molecule has 4 heteroatoms. The molecule has 0 aromatic carbocycles. The first kappa shape index (κ1) is 16.4. The molecule has 112 valence electrons. The maximum Gasteiger partial charge on any atom is 0.324 e. The Morgan fingerprint density at radius 3 is 2.63 bits per heavy atom. The zero-order valence-electron chi connectivity index (χ0n) is 12.9. The van der Waals surface area contributed by atoms with Gasteiger partial charge in [0.05, 0.1) is 0 Å². The van der Waals surface area contributed by atoms with Gasteiger partial charge in [0.15, 0.2) is 0 Å². The van der Waals surface area contributed by atoms with Gasteiger partial charge < -0.3 is 15.3 Å². The lowest BCUT2D eigenvalue weighted by Crippen LogP contribution is -2.55. The van der Waals surface area contributed by atoms with E-state index in [1.165, 1.54) is 0 Å². The number of nitrogens with one attached hydrogen (secondary N) is 1. The quantitative estimate of drug-likeness (QED) is 0.711. The third-order valence-electron chi connectivity index (χ3n) is 4.60. The number of nitrogens with zero attached hydrogens (tertiary/aromatic N) is 1. The molecule has 19 heavy (non-hydrogen) atoms. The fourth-order valence-corrected chi connectivity index (χ4v) is 3.48. The van der Waals surface area contributed by atoms with Crippen LogP contribution >= 0.6 is 0 Å². The Bertz CT molecular complexity index is 294. The Kier molecular flexibility index (Phi) is 6.27. The topological polar surface area (TPSA) is 52.6 Å². The first-order chi connectivity index (χ1) is 8.97. The van der Waals surface area contributed by atoms with Crippen molar-refractivity contribution in [1.29, 1.82) is 0 Å². The highest BCUT2D eigenvalue weighted by atomic mass is 16.4. The first-order valence-corrected chi connectivity index (χ1v) is 7.70. The van der Waals surface area contributed by atoms with Crippen molar-refractivity contribution in [3.05, 3.63) is 0 Å². The van der Waals surface area contributed by atoms with Crippen LogP contribution in [0.5, 0.6) is 0 Å². The molecule has 2 N–H and O–H groups in total. The Labute approximate surface area is 117 Å². The van der Waals surface area contributed by atoms with Crippen molar-refractivity contribution in [2.75, 3.05) is 19.6 Å². The minimum absolute atomic E-state index is 0.262. The molecular weight excluding hydrogens is 240 g/mol. The van der Waals surface area contributed by atoms with E-state index >= 15 is 0 Å². The van der Waals surface area contributed by atoms with Crippen molar-refractivity contribution < 1.29 is 9.90 Å². The van der Waals surface area contributed by atoms with Crippen LogP contribution in [0.25, 0.3) is 0 Å². The summed E-state index contributed by atoms with van der Waals surface area (Å²) in [6.45, 7) is 11.3. The minimum atomic E-state index is -0.675. The van der Waals surface area contributed by atoms with Crippen molar-refractivity contribution in [3.63, 3.8) is 0 Å². The van der Waals surface area contributed by atoms with Gasteiger partial charge in [-0.25, -0.2) is 0 Å². The summed E-state index contributed by atoms with van der Waals surface area (Å²) in [6, 6.07) is 0.532. The molecule has 0 amide bonds. The summed E-state index contributed by atoms with van der Waals surface area (Å²) in [5.74, 6) is -0.401. The summed E-state index contributed by atoms with van der Waals surface area (Å²) in [7, 11) is 0. The van der Waals surface area contributed by atoms with Crippen LogP contribution in [0.3, 0.4) is 0 Å². The largest absolute Gasteiger partial charge is 0.480 e. The second-order valence-electron chi connectivity index (χ2n) is 5.91. The fourth-order valence-electron chi connectivity index (χ4n) is 3.48. The van der Waals surface area contributed by atoms with Gasteiger partial charge >= 0.3 is 5.97 Å². The van der Waals surface area contributed by atoms with Gasteiger partial charge in [0.25, 0.3) is 0 Å². The molecule has 2 atom stereocenters. The molecule has 0 aromatic heterocycles. The van der Waals surface area contributed by atoms with E-state index in [1.807, 2.05) is 6.92 Å². The van der Waals surface area contributed by atoms with Crippen LogP contribution in [-0.4, -0.2) is 47.2 Å². The molecule has 2 unspecified atom stereocenters. The van der Waals surface area contributed by atoms with Crippen LogP contribution in [0.2, 0.25) is 0 Å². The smallest absolute Gasteiger partial charge is 0.324 e. The van der Waals surface area contributed by atoms with Crippen LogP contribution < -0.4 is 5.32 Å². The van der Waals surface area contributed by atoms with Gasteiger partial charge in [0.1, 0.15) is 5.54 Å². The number of aliphatic carboxylic acids is 1. The normalized spacial score (nSPS) is 27.4. The summed E-state index contributed by atoms with van der Waals surface area (Å²) in [5, 5.41) is 12.9. The Balaban J connectivity index is 2.67. The molecule has 1 saturated carbocycles. The third kappa shape index (κ3) is 3.69. The van der Waals surface area contributed by atoms with Crippen molar-refractivity contribution in [2.24, 2.45) is 5.92 Å². The van der Waals surface area contributed by atoms with Gasteiger partial charge in [-0.1, -0.05) is 20.3 Å². The number of carbonyl (C=O) groups is 1. The van der Waals surface area contributed by atoms with Crippen LogP contribution in [0.4, 0.5) is 0 Å². The van der Waals surface area contributed by atoms with Crippen LogP contribution in [0.15, 0.2) is 0 Å². The minimum Gasteiger partial charge on any atom is -0.480 e. The summed E-state index contributed by atoms with van der Waals surface area (Å²) in [5.41, 5.74) is -0.675. The van der Waals surface area contributed by atoms with Crippen molar-refractivity contribution in [2.45, 2.75) is 65.0 Å². The van der Waals surface area contributed by atoms with Crippen molar-refractivity contribution >= 4 is 5.97 Å². The monoisotopic (exact) mass is 270 g/mol. The lowest BCUT2D eigenvalue weighted by atomic mass is 9.84. The highest BCUT2D eigenvalue weighted by Crippen LogP contribution is 2.38. The molecule has 0 aliphatic heterocycles. The molecule has 0 spiro atoms. The van der Waals surface area contributed by atoms with Gasteiger partial charge in [0.2, 0.25) is 0 Å². The second-order valence-corrected chi connectivity index (χ2v) is 5.91. The van der Waals surface area contributed by atoms with Crippen molar-refractivity contribution in [3.8, 4) is 0 Å². The van der Waals surface area contributed by atoms with Gasteiger partial charge in [-0.3, -0.25) is 4.79 Å². The van der Waals surface area contributed by atoms with E-state index in [0.717, 1.165) is 45.3 Å². The lowest BCUT2D eigenvalue weighted by Gasteiger charge is -2.34. The zero-order chi connectivity index (χ0) is 14.5. The average Bonchev–Trinajstić information content (AvgIpc) is 2.74. The summed E-state index contributed by atoms with van der Waals surface area (Å²) >= 11 is 0. The van der Waals surface area contributed by atoms with E-state index in [-0.39, 0.29) is 5.92 Å². The molecule has 4 nitrogen and oxygen atoms in total. The molecule has 1 aliphatic carbocycles. The average molecular weight is 270 g/mol. The van der Waals surface area contributed by atoms with E-state index in [4.69, 9.17) is 0 Å². The molecule has 0 aromatic rings. The predicted molar refractivity (Wildman–Crippen MR) is 78.4 cm³/mol. The predicted octanol–water partition coefficient (Wildman–Crippen LogP) is 2.34. The highest BCUT2D eigenvalue weighted by molar-refractivity contribution is 5.79. The molecule has 1 rings (SSSR count). The Morgan fingerprint density at radius 1 is 1.47 bits per heavy atom. The summed E-state index contributed by atoms with van der Waals surface area (Å²) in [6.07, 6.45) is 3.81. The molecule has 0 bridgehead atoms. The highest BCUT2D eigenvalue weighted by Gasteiger charge is 2.48. The van der Waals surface area contributed by atoms with E-state index in [9.17, 15) is 9.90 Å². The fraction of sp³-hybridized carbons (Fsp3) is 0.933. The molecule has 0 radical (unpaired) electrons. The lowest BCUT2D eigenvalue weighted by molar-refractivity contribution is -0.146. The Morgan fingerprint density at radius 2 is 2.16 bits per heavy atom. The van der Waals surface area contributed by atoms with Gasteiger partial charge in [-0.05, 0) is 58.7 Å². The van der Waals surface area contributed by atoms with Crippen LogP contribution in [0, 0.1) is 5.92 Å². The van der Waals surface area contributed by atoms with E-state index in [0.29, 0.717) is 6.04 Å². The molecule has 0 heterocycles. The molecule has 1 aliphatic rings. The number of rotatable bonds is 8. The van der Waals surface area contributed by atoms with E-state index < -0.39 is 11.5 Å². The van der Waals surface area contributed by atoms with Gasteiger partial charge in [0, 0.05) is 6.04 Å². The first-order valence-electron chi connectivity index (χ1n) is 7.70. The van der Waals surface area contributed by atoms with E-state index in [2.05, 4.69) is 31.0 Å². The summed E-state index contributed by atoms with van der Waals surface area (Å²) < 4.78 is 0. The SMILES string of the molecule is CCNC1(C(=O)O)CCCC1CCN(CC)C(C)C. The standard InChI is InChI=1S/C15H30N2O2/c1-5-16-15(14(18)19)10-7-8-13(15)9-11-17(6-2)12(3)4/h12-13,16H,5-11H2,1-4H3,(H,18,19). The van der Waals surface area contributed by atoms with Crippen LogP contribution in [-0.2, 0) is 4.79 Å². The zero-order valence-corrected chi connectivity index (χ0v) is 12.9. The van der Waals surface area contributed by atoms with Gasteiger partial charge in [-0.2, -0.15) is 0 Å². The Hall–Kier alpha value is -0.610. The summed E-state index contributed by atoms with van der Waals surface area (Å²) in [4.78, 5) is 14.1. The molecule has 1 fully saturated rings. The molecular formula is C15H30N2O2. The maximum absolute atomic E-state index is 11.7. The third-order valence-corrected chi connectivity index (χ3v) is 4.60. The second kappa shape index (κ2) is 7.25. The molecule has 0 saturated heterocycles. The van der Waals surface area contributed by atoms with Crippen molar-refractivity contribution in [1.82, 2.24) is 10.2 Å². The number of likely N-dealkylation sites (N-methyl/N-ethyl adjacent to an activating group) is 1.